The maximum Gasteiger partial charge on any atom is 0.333 e. The normalized spacial score (nSPS) is 41.3. The minimum atomic E-state index is -1.16. The summed E-state index contributed by atoms with van der Waals surface area (Å²) >= 11 is 0. The van der Waals surface area contributed by atoms with E-state index in [9.17, 15) is 19.8 Å². The second-order valence-electron chi connectivity index (χ2n) is 21.5. The number of fused-ring (bicyclic) bond motifs is 5. The molecule has 17 unspecified atom stereocenters. The van der Waals surface area contributed by atoms with Gasteiger partial charge in [-0.25, -0.2) is 4.79 Å². The Hall–Kier alpha value is -1.94. The molecule has 3 saturated carbocycles. The lowest BCUT2D eigenvalue weighted by molar-refractivity contribution is -0.308. The summed E-state index contributed by atoms with van der Waals surface area (Å²) in [6.45, 7) is 20.9. The molecular formula is C53H88O17. The number of ether oxygens (including phenoxy) is 13. The van der Waals surface area contributed by atoms with Gasteiger partial charge in [0.25, 0.3) is 0 Å². The number of hydrogen-bond donors (Lipinski definition) is 2. The van der Waals surface area contributed by atoms with E-state index in [2.05, 4.69) is 13.0 Å². The number of methoxy groups -OCH3 is 4. The predicted octanol–water partition coefficient (Wildman–Crippen LogP) is 6.36. The number of aliphatic hydroxyl groups is 2. The molecule has 17 nitrogen and oxygen atoms in total. The first-order valence-electron chi connectivity index (χ1n) is 25.8. The molecule has 22 atom stereocenters. The van der Waals surface area contributed by atoms with E-state index in [-0.39, 0.29) is 60.5 Å². The fraction of sp³-hybridized carbons (Fsp3) is 0.887. The van der Waals surface area contributed by atoms with E-state index in [1.54, 1.807) is 55.1 Å². The van der Waals surface area contributed by atoms with Gasteiger partial charge in [-0.15, -0.1) is 0 Å². The number of carbonyl (C=O) groups is 2. The Morgan fingerprint density at radius 1 is 0.829 bits per heavy atom. The molecule has 0 radical (unpaired) electrons. The lowest BCUT2D eigenvalue weighted by Crippen LogP contribution is -2.66. The van der Waals surface area contributed by atoms with Crippen molar-refractivity contribution < 1.29 is 81.4 Å². The fourth-order valence-corrected chi connectivity index (χ4v) is 13.1. The maximum atomic E-state index is 13.4. The average Bonchev–Trinajstić information content (AvgIpc) is 3.77. The molecule has 6 rings (SSSR count). The van der Waals surface area contributed by atoms with E-state index in [0.29, 0.717) is 44.1 Å². The van der Waals surface area contributed by atoms with E-state index in [1.165, 1.54) is 12.7 Å². The summed E-state index contributed by atoms with van der Waals surface area (Å²) in [6.07, 6.45) is 0.649. The number of aliphatic hydroxyl groups excluding tert-OH is 1. The quantitative estimate of drug-likeness (QED) is 0.0496. The zero-order valence-electron chi connectivity index (χ0n) is 44.7. The van der Waals surface area contributed by atoms with Crippen LogP contribution in [-0.2, 0) is 71.2 Å². The molecule has 0 aromatic heterocycles. The number of ketones is 1. The second kappa shape index (κ2) is 24.2. The molecular weight excluding hydrogens is 909 g/mol. The zero-order valence-corrected chi connectivity index (χ0v) is 44.7. The highest BCUT2D eigenvalue weighted by atomic mass is 16.8. The minimum absolute atomic E-state index is 0.0355. The Labute approximate surface area is 417 Å². The lowest BCUT2D eigenvalue weighted by Gasteiger charge is -2.63. The Bertz CT molecular complexity index is 1790. The zero-order chi connectivity index (χ0) is 51.5. The monoisotopic (exact) mass is 997 g/mol. The Balaban J connectivity index is 1.05. The fourth-order valence-electron chi connectivity index (χ4n) is 13.1. The summed E-state index contributed by atoms with van der Waals surface area (Å²) < 4.78 is 80.0. The molecule has 2 saturated heterocycles. The van der Waals surface area contributed by atoms with Gasteiger partial charge in [0.1, 0.15) is 42.4 Å². The summed E-state index contributed by atoms with van der Waals surface area (Å²) in [5.41, 5.74) is -0.509. The van der Waals surface area contributed by atoms with Crippen LogP contribution in [0.25, 0.3) is 0 Å². The molecule has 0 aromatic rings. The van der Waals surface area contributed by atoms with Crippen LogP contribution in [0.3, 0.4) is 0 Å². The number of carbonyl (C=O) groups excluding carboxylic acids is 2. The first-order valence-corrected chi connectivity index (χ1v) is 25.8. The molecule has 402 valence electrons. The van der Waals surface area contributed by atoms with Crippen molar-refractivity contribution in [3.8, 4) is 0 Å². The van der Waals surface area contributed by atoms with Gasteiger partial charge < -0.3 is 71.8 Å². The van der Waals surface area contributed by atoms with E-state index < -0.39 is 97.1 Å². The topological polar surface area (TPSA) is 195 Å². The molecule has 0 amide bonds. The van der Waals surface area contributed by atoms with Gasteiger partial charge >= 0.3 is 5.97 Å². The number of allylic oxidation sites excluding steroid dienone is 2. The highest BCUT2D eigenvalue weighted by Gasteiger charge is 2.71. The Kier molecular flexibility index (Phi) is 19.8. The summed E-state index contributed by atoms with van der Waals surface area (Å²) in [5, 5.41) is 23.1. The Morgan fingerprint density at radius 3 is 2.16 bits per heavy atom. The molecule has 2 N–H and O–H groups in total. The molecule has 17 heteroatoms. The van der Waals surface area contributed by atoms with Crippen molar-refractivity contribution in [3.05, 3.63) is 23.3 Å². The van der Waals surface area contributed by atoms with Crippen LogP contribution in [0.1, 0.15) is 128 Å². The molecule has 0 bridgehead atoms. The molecule has 70 heavy (non-hydrogen) atoms. The van der Waals surface area contributed by atoms with E-state index >= 15 is 0 Å². The highest BCUT2D eigenvalue weighted by molar-refractivity contribution is 5.88. The molecule has 0 spiro atoms. The van der Waals surface area contributed by atoms with Gasteiger partial charge in [-0.05, 0) is 125 Å². The average molecular weight is 997 g/mol. The molecule has 5 fully saturated rings. The van der Waals surface area contributed by atoms with Gasteiger partial charge in [0, 0.05) is 51.8 Å². The SMILES string of the molecule is C/C=C(\C)C(=O)OC1CC2C(CC=C3CC(OC4OC(C)[C@@H](O[C@H]5CC(OC)[C@H](OC(C)OC(C)[C@H](COC)OC(C)OC(C)[C@@H](O)COC)C(C)O5)C4OC)CCC32C)C2(O)CCC(C(C)=O)C12C. The van der Waals surface area contributed by atoms with Crippen molar-refractivity contribution in [1.82, 2.24) is 0 Å². The first-order chi connectivity index (χ1) is 33.1. The van der Waals surface area contributed by atoms with Crippen LogP contribution >= 0.6 is 0 Å². The summed E-state index contributed by atoms with van der Waals surface area (Å²) in [5.74, 6) is -0.774. The van der Waals surface area contributed by atoms with Crippen LogP contribution in [0.15, 0.2) is 23.3 Å². The summed E-state index contributed by atoms with van der Waals surface area (Å²) in [7, 11) is 6.39. The number of rotatable bonds is 23. The van der Waals surface area contributed by atoms with Crippen molar-refractivity contribution in [1.29, 1.82) is 0 Å². The number of hydrogen-bond acceptors (Lipinski definition) is 17. The van der Waals surface area contributed by atoms with Crippen molar-refractivity contribution in [2.24, 2.45) is 28.6 Å². The smallest absolute Gasteiger partial charge is 0.333 e. The standard InChI is InChI=1S/C53H88O17/c1-16-28(2)49(56)69-44-24-40-39(53(57)22-20-38(29(3)54)52(44,53)11)18-17-36-23-37(19-21-51(36,40)10)68-50-48(61-15)47(33(7)65-50)70-45-25-42(60-14)46(32(6)64-45)67-35(9)63-31(5)43(27-59-13)66-34(8)62-30(4)41(55)26-58-12/h16-17,30-35,37-48,50,55,57H,18-27H2,1-15H3/b28-16+/t30?,31?,32?,33?,34?,35?,37?,38?,39?,40?,41-,42?,43-,44?,45-,46+,47+,48?,50?,51?,52?,53?/m0/s1. The van der Waals surface area contributed by atoms with Gasteiger partial charge in [-0.3, -0.25) is 4.79 Å². The summed E-state index contributed by atoms with van der Waals surface area (Å²) in [6, 6.07) is 0. The minimum Gasteiger partial charge on any atom is -0.458 e. The number of esters is 1. The third-order valence-electron chi connectivity index (χ3n) is 17.3. The Morgan fingerprint density at radius 2 is 1.51 bits per heavy atom. The van der Waals surface area contributed by atoms with Crippen LogP contribution in [0.4, 0.5) is 0 Å². The van der Waals surface area contributed by atoms with Gasteiger partial charge in [0.2, 0.25) is 0 Å². The van der Waals surface area contributed by atoms with E-state index in [1.807, 2.05) is 41.5 Å². The molecule has 4 aliphatic carbocycles. The molecule has 2 heterocycles. The highest BCUT2D eigenvalue weighted by Crippen LogP contribution is 2.68. The summed E-state index contributed by atoms with van der Waals surface area (Å²) in [4.78, 5) is 26.5. The third-order valence-corrected chi connectivity index (χ3v) is 17.3. The molecule has 0 aromatic carbocycles. The molecule has 6 aliphatic rings. The lowest BCUT2D eigenvalue weighted by atomic mass is 9.45. The van der Waals surface area contributed by atoms with Crippen LogP contribution in [0.5, 0.6) is 0 Å². The van der Waals surface area contributed by atoms with Gasteiger partial charge in [-0.1, -0.05) is 31.6 Å². The van der Waals surface area contributed by atoms with Crippen molar-refractivity contribution >= 4 is 11.8 Å². The van der Waals surface area contributed by atoms with Crippen molar-refractivity contribution in [2.75, 3.05) is 41.7 Å². The third kappa shape index (κ3) is 11.8. The van der Waals surface area contributed by atoms with E-state index in [0.717, 1.165) is 12.8 Å². The van der Waals surface area contributed by atoms with Gasteiger partial charge in [-0.2, -0.15) is 0 Å². The van der Waals surface area contributed by atoms with Crippen LogP contribution in [0.2, 0.25) is 0 Å². The van der Waals surface area contributed by atoms with E-state index in [4.69, 9.17) is 61.6 Å². The van der Waals surface area contributed by atoms with Gasteiger partial charge in [0.05, 0.1) is 55.4 Å². The number of Topliss-reactive ketones (excluding diaryl/α,β-unsaturated/α-hetero) is 1. The van der Waals surface area contributed by atoms with Gasteiger partial charge in [0.15, 0.2) is 25.2 Å². The van der Waals surface area contributed by atoms with Crippen LogP contribution < -0.4 is 0 Å². The van der Waals surface area contributed by atoms with Crippen LogP contribution in [0, 0.1) is 28.6 Å². The van der Waals surface area contributed by atoms with Crippen molar-refractivity contribution in [3.63, 3.8) is 0 Å². The van der Waals surface area contributed by atoms with Crippen molar-refractivity contribution in [2.45, 2.75) is 232 Å². The largest absolute Gasteiger partial charge is 0.458 e. The van der Waals surface area contributed by atoms with Crippen LogP contribution in [-0.4, -0.2) is 168 Å². The molecule has 2 aliphatic heterocycles. The first kappa shape index (κ1) is 57.3. The predicted molar refractivity (Wildman–Crippen MR) is 256 cm³/mol. The maximum absolute atomic E-state index is 13.4. The second-order valence-corrected chi connectivity index (χ2v) is 21.5.